The van der Waals surface area contributed by atoms with Crippen LogP contribution >= 0.6 is 11.6 Å². The van der Waals surface area contributed by atoms with Gasteiger partial charge in [0, 0.05) is 5.39 Å². The van der Waals surface area contributed by atoms with Crippen molar-refractivity contribution in [2.75, 3.05) is 0 Å². The van der Waals surface area contributed by atoms with Crippen molar-refractivity contribution >= 4 is 22.4 Å². The van der Waals surface area contributed by atoms with Gasteiger partial charge in [-0.05, 0) is 12.1 Å². The first-order valence-electron chi connectivity index (χ1n) is 3.41. The Labute approximate surface area is 73.0 Å². The minimum Gasteiger partial charge on any atom is -0.267 e. The quantitative estimate of drug-likeness (QED) is 0.669. The lowest BCUT2D eigenvalue weighted by molar-refractivity contribution is 1.01. The highest BCUT2D eigenvalue weighted by Crippen LogP contribution is 2.18. The van der Waals surface area contributed by atoms with Crippen LogP contribution in [0.5, 0.6) is 0 Å². The highest BCUT2D eigenvalue weighted by Gasteiger charge is 2.00. The van der Waals surface area contributed by atoms with Gasteiger partial charge < -0.3 is 0 Å². The molecule has 60 valence electrons. The summed E-state index contributed by atoms with van der Waals surface area (Å²) in [5.41, 5.74) is -0.213. The van der Waals surface area contributed by atoms with Crippen LogP contribution in [-0.4, -0.2) is 10.2 Å². The fourth-order valence-electron chi connectivity index (χ4n) is 1.08. The lowest BCUT2D eigenvalue weighted by Crippen LogP contribution is -2.06. The molecule has 1 N–H and O–H groups in total. The smallest absolute Gasteiger partial charge is 0.267 e. The van der Waals surface area contributed by atoms with E-state index in [-0.39, 0.29) is 5.56 Å². The molecule has 12 heavy (non-hydrogen) atoms. The number of halogens is 1. The Bertz CT molecular complexity index is 478. The Kier molecular flexibility index (Phi) is 1.59. The maximum atomic E-state index is 11.2. The number of rotatable bonds is 0. The van der Waals surface area contributed by atoms with Crippen molar-refractivity contribution in [1.82, 2.24) is 10.2 Å². The van der Waals surface area contributed by atoms with Crippen LogP contribution in [0.1, 0.15) is 0 Å². The molecular formula is C8H5ClN2O. The van der Waals surface area contributed by atoms with Gasteiger partial charge in [-0.3, -0.25) is 4.79 Å². The molecule has 0 fully saturated rings. The number of hydrogen-bond acceptors (Lipinski definition) is 2. The maximum Gasteiger partial charge on any atom is 0.272 e. The molecular weight excluding hydrogens is 176 g/mol. The zero-order valence-electron chi connectivity index (χ0n) is 6.04. The summed E-state index contributed by atoms with van der Waals surface area (Å²) >= 11 is 5.84. The fourth-order valence-corrected chi connectivity index (χ4v) is 1.31. The van der Waals surface area contributed by atoms with Crippen LogP contribution in [-0.2, 0) is 0 Å². The fraction of sp³-hybridized carbons (Fsp3) is 0. The summed E-state index contributed by atoms with van der Waals surface area (Å²) in [5.74, 6) is 0. The summed E-state index contributed by atoms with van der Waals surface area (Å²) < 4.78 is 0. The monoisotopic (exact) mass is 180 g/mol. The van der Waals surface area contributed by atoms with Gasteiger partial charge in [0.2, 0.25) is 0 Å². The van der Waals surface area contributed by atoms with Gasteiger partial charge in [0.05, 0.1) is 16.6 Å². The van der Waals surface area contributed by atoms with Crippen molar-refractivity contribution in [2.45, 2.75) is 0 Å². The number of benzene rings is 1. The molecule has 0 bridgehead atoms. The molecule has 0 radical (unpaired) electrons. The Morgan fingerprint density at radius 1 is 1.33 bits per heavy atom. The first-order chi connectivity index (χ1) is 5.79. The molecule has 1 heterocycles. The summed E-state index contributed by atoms with van der Waals surface area (Å²) in [4.78, 5) is 11.2. The third kappa shape index (κ3) is 0.987. The van der Waals surface area contributed by atoms with Crippen molar-refractivity contribution < 1.29 is 0 Å². The standard InChI is InChI=1S/C8H5ClN2O/c9-7-3-1-2-5-6(7)4-10-11-8(5)12/h1-4H,(H,11,12). The highest BCUT2D eigenvalue weighted by molar-refractivity contribution is 6.35. The van der Waals surface area contributed by atoms with Crippen molar-refractivity contribution in [2.24, 2.45) is 0 Å². The second-order valence-electron chi connectivity index (χ2n) is 2.40. The van der Waals surface area contributed by atoms with E-state index in [9.17, 15) is 4.79 Å². The lowest BCUT2D eigenvalue weighted by Gasteiger charge is -1.95. The highest BCUT2D eigenvalue weighted by atomic mass is 35.5. The topological polar surface area (TPSA) is 45.8 Å². The van der Waals surface area contributed by atoms with Crippen molar-refractivity contribution in [1.29, 1.82) is 0 Å². The molecule has 2 aromatic rings. The van der Waals surface area contributed by atoms with Gasteiger partial charge in [-0.15, -0.1) is 0 Å². The van der Waals surface area contributed by atoms with E-state index >= 15 is 0 Å². The SMILES string of the molecule is O=c1[nH]ncc2c(Cl)cccc12. The molecule has 0 aliphatic carbocycles. The molecule has 0 saturated carbocycles. The van der Waals surface area contributed by atoms with E-state index in [1.54, 1.807) is 24.4 Å². The van der Waals surface area contributed by atoms with Gasteiger partial charge in [-0.2, -0.15) is 5.10 Å². The van der Waals surface area contributed by atoms with Crippen LogP contribution in [0.4, 0.5) is 0 Å². The number of fused-ring (bicyclic) bond motifs is 1. The Morgan fingerprint density at radius 2 is 2.17 bits per heavy atom. The zero-order valence-corrected chi connectivity index (χ0v) is 6.80. The first-order valence-corrected chi connectivity index (χ1v) is 3.79. The van der Waals surface area contributed by atoms with Crippen LogP contribution in [0.3, 0.4) is 0 Å². The van der Waals surface area contributed by atoms with Gasteiger partial charge in [-0.1, -0.05) is 17.7 Å². The molecule has 0 aliphatic heterocycles. The van der Waals surface area contributed by atoms with E-state index in [2.05, 4.69) is 10.2 Å². The van der Waals surface area contributed by atoms with Crippen molar-refractivity contribution in [3.8, 4) is 0 Å². The minimum absolute atomic E-state index is 0.213. The number of hydrogen-bond donors (Lipinski definition) is 1. The average Bonchev–Trinajstić information content (AvgIpc) is 2.07. The maximum absolute atomic E-state index is 11.2. The number of aromatic amines is 1. The lowest BCUT2D eigenvalue weighted by atomic mass is 10.2. The molecule has 4 heteroatoms. The van der Waals surface area contributed by atoms with Gasteiger partial charge in [0.1, 0.15) is 0 Å². The summed E-state index contributed by atoms with van der Waals surface area (Å²) in [6, 6.07) is 5.17. The molecule has 1 aromatic carbocycles. The predicted octanol–water partition coefficient (Wildman–Crippen LogP) is 1.58. The van der Waals surface area contributed by atoms with Crippen LogP contribution in [0.2, 0.25) is 5.02 Å². The van der Waals surface area contributed by atoms with Crippen molar-refractivity contribution in [3.05, 3.63) is 39.8 Å². The van der Waals surface area contributed by atoms with Gasteiger partial charge in [0.15, 0.2) is 0 Å². The summed E-state index contributed by atoms with van der Waals surface area (Å²) in [5, 5.41) is 7.79. The molecule has 0 saturated heterocycles. The number of H-pyrrole nitrogens is 1. The van der Waals surface area contributed by atoms with Gasteiger partial charge in [-0.25, -0.2) is 5.10 Å². The number of nitrogens with one attached hydrogen (secondary N) is 1. The van der Waals surface area contributed by atoms with E-state index in [0.29, 0.717) is 15.8 Å². The molecule has 1 aromatic heterocycles. The number of nitrogens with zero attached hydrogens (tertiary/aromatic N) is 1. The minimum atomic E-state index is -0.213. The van der Waals surface area contributed by atoms with Crippen molar-refractivity contribution in [3.63, 3.8) is 0 Å². The zero-order chi connectivity index (χ0) is 8.55. The molecule has 0 spiro atoms. The summed E-state index contributed by atoms with van der Waals surface area (Å²) in [6.45, 7) is 0. The predicted molar refractivity (Wildman–Crippen MR) is 47.4 cm³/mol. The first kappa shape index (κ1) is 7.31. The normalized spacial score (nSPS) is 10.4. The molecule has 0 unspecified atom stereocenters. The molecule has 3 nitrogen and oxygen atoms in total. The second-order valence-corrected chi connectivity index (χ2v) is 2.81. The molecule has 0 amide bonds. The van der Waals surface area contributed by atoms with E-state index in [0.717, 1.165) is 0 Å². The molecule has 2 rings (SSSR count). The summed E-state index contributed by atoms with van der Waals surface area (Å²) in [7, 11) is 0. The Hall–Kier alpha value is -1.35. The molecule has 0 aliphatic rings. The largest absolute Gasteiger partial charge is 0.272 e. The average molecular weight is 181 g/mol. The van der Waals surface area contributed by atoms with Crippen LogP contribution in [0, 0.1) is 0 Å². The second kappa shape index (κ2) is 2.60. The van der Waals surface area contributed by atoms with E-state index in [1.807, 2.05) is 0 Å². The van der Waals surface area contributed by atoms with E-state index in [1.165, 1.54) is 0 Å². The summed E-state index contributed by atoms with van der Waals surface area (Å²) in [6.07, 6.45) is 1.54. The van der Waals surface area contributed by atoms with Crippen LogP contribution in [0.15, 0.2) is 29.2 Å². The Balaban J connectivity index is 3.05. The third-order valence-corrected chi connectivity index (χ3v) is 1.99. The third-order valence-electron chi connectivity index (χ3n) is 1.66. The van der Waals surface area contributed by atoms with Crippen LogP contribution in [0.25, 0.3) is 10.8 Å². The van der Waals surface area contributed by atoms with Gasteiger partial charge >= 0.3 is 0 Å². The van der Waals surface area contributed by atoms with E-state index in [4.69, 9.17) is 11.6 Å². The Morgan fingerprint density at radius 3 is 2.92 bits per heavy atom. The number of aromatic nitrogens is 2. The van der Waals surface area contributed by atoms with Crippen LogP contribution < -0.4 is 5.56 Å². The van der Waals surface area contributed by atoms with Gasteiger partial charge in [0.25, 0.3) is 5.56 Å². The molecule has 0 atom stereocenters. The van der Waals surface area contributed by atoms with E-state index < -0.39 is 0 Å².